The summed E-state index contributed by atoms with van der Waals surface area (Å²) in [6.45, 7) is 3.96. The Morgan fingerprint density at radius 1 is 1.64 bits per heavy atom. The molecule has 14 heavy (non-hydrogen) atoms. The maximum absolute atomic E-state index is 10.9. The number of hydrogen-bond acceptors (Lipinski definition) is 4. The van der Waals surface area contributed by atoms with Crippen molar-refractivity contribution >= 4 is 5.82 Å². The van der Waals surface area contributed by atoms with Crippen LogP contribution in [0.1, 0.15) is 13.8 Å². The molecule has 1 aromatic heterocycles. The zero-order valence-corrected chi connectivity index (χ0v) is 8.32. The smallest absolute Gasteiger partial charge is 0.252 e. The Morgan fingerprint density at radius 3 is 2.93 bits per heavy atom. The van der Waals surface area contributed by atoms with Gasteiger partial charge in [-0.1, -0.05) is 6.92 Å². The fraction of sp³-hybridized carbons (Fsp3) is 0.556. The molecule has 0 bridgehead atoms. The molecule has 2 unspecified atom stereocenters. The van der Waals surface area contributed by atoms with Crippen LogP contribution in [-0.2, 0) is 0 Å². The lowest BCUT2D eigenvalue weighted by Gasteiger charge is -2.19. The molecule has 78 valence electrons. The molecule has 0 amide bonds. The van der Waals surface area contributed by atoms with Gasteiger partial charge in [0.2, 0.25) is 0 Å². The minimum atomic E-state index is -0.189. The van der Waals surface area contributed by atoms with Crippen LogP contribution in [-0.4, -0.2) is 27.7 Å². The molecule has 0 aliphatic carbocycles. The van der Waals surface area contributed by atoms with Crippen molar-refractivity contribution in [3.63, 3.8) is 0 Å². The Labute approximate surface area is 82.2 Å². The van der Waals surface area contributed by atoms with Crippen LogP contribution >= 0.6 is 0 Å². The van der Waals surface area contributed by atoms with Gasteiger partial charge in [-0.15, -0.1) is 0 Å². The summed E-state index contributed by atoms with van der Waals surface area (Å²) in [6, 6.07) is 1.47. The fourth-order valence-electron chi connectivity index (χ4n) is 0.981. The predicted molar refractivity (Wildman–Crippen MR) is 54.2 cm³/mol. The fourth-order valence-corrected chi connectivity index (χ4v) is 0.981. The van der Waals surface area contributed by atoms with Crippen molar-refractivity contribution in [2.75, 3.05) is 11.9 Å². The molecule has 3 N–H and O–H groups in total. The lowest BCUT2D eigenvalue weighted by Crippen LogP contribution is -2.27. The maximum atomic E-state index is 10.9. The summed E-state index contributed by atoms with van der Waals surface area (Å²) in [7, 11) is 0. The number of H-pyrrole nitrogens is 1. The third-order valence-corrected chi connectivity index (χ3v) is 2.20. The van der Waals surface area contributed by atoms with Crippen molar-refractivity contribution in [1.82, 2.24) is 9.97 Å². The van der Waals surface area contributed by atoms with Crippen LogP contribution in [0.3, 0.4) is 0 Å². The van der Waals surface area contributed by atoms with Gasteiger partial charge < -0.3 is 15.4 Å². The van der Waals surface area contributed by atoms with Crippen LogP contribution in [0.25, 0.3) is 0 Å². The molecule has 0 saturated carbocycles. The van der Waals surface area contributed by atoms with Crippen LogP contribution in [0.15, 0.2) is 17.2 Å². The second-order valence-corrected chi connectivity index (χ2v) is 3.39. The molecule has 5 heteroatoms. The lowest BCUT2D eigenvalue weighted by molar-refractivity contribution is 0.226. The Morgan fingerprint density at radius 2 is 2.36 bits per heavy atom. The van der Waals surface area contributed by atoms with Crippen molar-refractivity contribution < 1.29 is 5.11 Å². The molecule has 0 spiro atoms. The molecule has 1 heterocycles. The van der Waals surface area contributed by atoms with Crippen LogP contribution in [0, 0.1) is 5.92 Å². The SMILES string of the molecule is CC(CO)C(C)Nc1cc(=O)[nH]cn1. The number of nitrogens with one attached hydrogen (secondary N) is 2. The number of rotatable bonds is 4. The quantitative estimate of drug-likeness (QED) is 0.644. The van der Waals surface area contributed by atoms with E-state index in [1.807, 2.05) is 13.8 Å². The van der Waals surface area contributed by atoms with Gasteiger partial charge in [0.05, 0.1) is 6.33 Å². The van der Waals surface area contributed by atoms with E-state index in [0.29, 0.717) is 5.82 Å². The minimum absolute atomic E-state index is 0.0781. The van der Waals surface area contributed by atoms with Crippen LogP contribution in [0.4, 0.5) is 5.82 Å². The molecule has 0 aliphatic rings. The number of aromatic nitrogens is 2. The highest BCUT2D eigenvalue weighted by molar-refractivity contribution is 5.32. The highest BCUT2D eigenvalue weighted by atomic mass is 16.3. The van der Waals surface area contributed by atoms with E-state index in [2.05, 4.69) is 15.3 Å². The molecule has 1 aromatic rings. The number of hydrogen-bond donors (Lipinski definition) is 3. The Bertz CT molecular complexity index is 337. The molecule has 1 rings (SSSR count). The second kappa shape index (κ2) is 4.76. The summed E-state index contributed by atoms with van der Waals surface area (Å²) in [6.07, 6.45) is 1.35. The molecular formula is C9H15N3O2. The average Bonchev–Trinajstić information content (AvgIpc) is 2.16. The zero-order valence-electron chi connectivity index (χ0n) is 8.32. The maximum Gasteiger partial charge on any atom is 0.252 e. The number of aliphatic hydroxyl groups excluding tert-OH is 1. The summed E-state index contributed by atoms with van der Waals surface area (Å²) in [5.74, 6) is 0.651. The topological polar surface area (TPSA) is 78.0 Å². The van der Waals surface area contributed by atoms with Gasteiger partial charge in [0.25, 0.3) is 5.56 Å². The standard InChI is InChI=1S/C9H15N3O2/c1-6(4-13)7(2)12-8-3-9(14)11-5-10-8/h3,5-7,13H,4H2,1-2H3,(H2,10,11,12,14). The van der Waals surface area contributed by atoms with Crippen molar-refractivity contribution in [2.45, 2.75) is 19.9 Å². The molecule has 0 fully saturated rings. The third kappa shape index (κ3) is 2.85. The van der Waals surface area contributed by atoms with E-state index in [1.165, 1.54) is 12.4 Å². The van der Waals surface area contributed by atoms with Crippen molar-refractivity contribution in [3.05, 3.63) is 22.7 Å². The summed E-state index contributed by atoms with van der Waals surface area (Å²) >= 11 is 0. The van der Waals surface area contributed by atoms with Crippen LogP contribution < -0.4 is 10.9 Å². The van der Waals surface area contributed by atoms with E-state index < -0.39 is 0 Å². The van der Waals surface area contributed by atoms with Gasteiger partial charge in [0.15, 0.2) is 0 Å². The Balaban J connectivity index is 2.64. The van der Waals surface area contributed by atoms with E-state index in [-0.39, 0.29) is 24.1 Å². The van der Waals surface area contributed by atoms with Crippen LogP contribution in [0.5, 0.6) is 0 Å². The van der Waals surface area contributed by atoms with E-state index in [0.717, 1.165) is 0 Å². The summed E-state index contributed by atoms with van der Waals surface area (Å²) < 4.78 is 0. The number of aromatic amines is 1. The largest absolute Gasteiger partial charge is 0.396 e. The average molecular weight is 197 g/mol. The molecular weight excluding hydrogens is 182 g/mol. The summed E-state index contributed by atoms with van der Waals surface area (Å²) in [4.78, 5) is 17.3. The van der Waals surface area contributed by atoms with Gasteiger partial charge in [-0.25, -0.2) is 4.98 Å². The first kappa shape index (κ1) is 10.7. The van der Waals surface area contributed by atoms with E-state index in [4.69, 9.17) is 5.11 Å². The molecule has 0 saturated heterocycles. The lowest BCUT2D eigenvalue weighted by atomic mass is 10.1. The third-order valence-electron chi connectivity index (χ3n) is 2.20. The highest BCUT2D eigenvalue weighted by Gasteiger charge is 2.10. The first-order valence-electron chi connectivity index (χ1n) is 4.55. The highest BCUT2D eigenvalue weighted by Crippen LogP contribution is 2.07. The van der Waals surface area contributed by atoms with Gasteiger partial charge >= 0.3 is 0 Å². The monoisotopic (exact) mass is 197 g/mol. The second-order valence-electron chi connectivity index (χ2n) is 3.39. The Hall–Kier alpha value is -1.36. The van der Waals surface area contributed by atoms with Crippen molar-refractivity contribution in [1.29, 1.82) is 0 Å². The molecule has 0 aromatic carbocycles. The van der Waals surface area contributed by atoms with Gasteiger partial charge in [0.1, 0.15) is 5.82 Å². The molecule has 0 aliphatic heterocycles. The van der Waals surface area contributed by atoms with Gasteiger partial charge in [-0.2, -0.15) is 0 Å². The van der Waals surface area contributed by atoms with E-state index in [1.54, 1.807) is 0 Å². The van der Waals surface area contributed by atoms with E-state index >= 15 is 0 Å². The van der Waals surface area contributed by atoms with Gasteiger partial charge in [0, 0.05) is 18.7 Å². The molecule has 0 radical (unpaired) electrons. The normalized spacial score (nSPS) is 14.8. The van der Waals surface area contributed by atoms with Gasteiger partial charge in [-0.05, 0) is 12.8 Å². The zero-order chi connectivity index (χ0) is 10.6. The number of nitrogens with zero attached hydrogens (tertiary/aromatic N) is 1. The number of aliphatic hydroxyl groups is 1. The van der Waals surface area contributed by atoms with Crippen LogP contribution in [0.2, 0.25) is 0 Å². The predicted octanol–water partition coefficient (Wildman–Crippen LogP) is 0.199. The minimum Gasteiger partial charge on any atom is -0.396 e. The molecule has 5 nitrogen and oxygen atoms in total. The summed E-state index contributed by atoms with van der Waals surface area (Å²) in [5, 5.41) is 12.0. The first-order chi connectivity index (χ1) is 6.63. The summed E-state index contributed by atoms with van der Waals surface area (Å²) in [5.41, 5.74) is -0.189. The van der Waals surface area contributed by atoms with Crippen molar-refractivity contribution in [2.24, 2.45) is 5.92 Å². The molecule has 2 atom stereocenters. The van der Waals surface area contributed by atoms with E-state index in [9.17, 15) is 4.79 Å². The van der Waals surface area contributed by atoms with Gasteiger partial charge in [-0.3, -0.25) is 4.79 Å². The Kier molecular flexibility index (Phi) is 3.64. The van der Waals surface area contributed by atoms with Crippen molar-refractivity contribution in [3.8, 4) is 0 Å². The number of anilines is 1. The first-order valence-corrected chi connectivity index (χ1v) is 4.55.